The smallest absolute Gasteiger partial charge is 0.229 e. The molecule has 7 heteroatoms. The summed E-state index contributed by atoms with van der Waals surface area (Å²) in [5, 5.41) is 17.9. The van der Waals surface area contributed by atoms with E-state index in [4.69, 9.17) is 9.26 Å². The molecule has 1 aromatic rings. The van der Waals surface area contributed by atoms with Crippen molar-refractivity contribution >= 4 is 0 Å². The van der Waals surface area contributed by atoms with Crippen LogP contribution in [0.15, 0.2) is 4.52 Å². The molecule has 1 saturated carbocycles. The Labute approximate surface area is 143 Å². The predicted octanol–water partition coefficient (Wildman–Crippen LogP) is 0.933. The maximum absolute atomic E-state index is 10.3. The summed E-state index contributed by atoms with van der Waals surface area (Å²) in [5.41, 5.74) is 0. The fourth-order valence-electron chi connectivity index (χ4n) is 3.90. The summed E-state index contributed by atoms with van der Waals surface area (Å²) < 4.78 is 10.4. The minimum absolute atomic E-state index is 0.198. The van der Waals surface area contributed by atoms with Crippen molar-refractivity contribution in [1.82, 2.24) is 20.4 Å². The highest BCUT2D eigenvalue weighted by atomic mass is 16.5. The number of aliphatic hydroxyl groups is 1. The maximum atomic E-state index is 10.3. The molecule has 2 N–H and O–H groups in total. The molecule has 2 fully saturated rings. The van der Waals surface area contributed by atoms with Gasteiger partial charge in [0.05, 0.1) is 12.7 Å². The van der Waals surface area contributed by atoms with Crippen LogP contribution in [0.1, 0.15) is 43.3 Å². The van der Waals surface area contributed by atoms with Gasteiger partial charge in [-0.25, -0.2) is 0 Å². The van der Waals surface area contributed by atoms with Crippen molar-refractivity contribution in [2.75, 3.05) is 39.9 Å². The SMILES string of the molecule is COCCN1CCC(NC[C@H]2C[C@H](c3nc(C)no3)C[C@H]2O)CC1. The van der Waals surface area contributed by atoms with Crippen molar-refractivity contribution < 1.29 is 14.4 Å². The lowest BCUT2D eigenvalue weighted by molar-refractivity contribution is 0.114. The number of rotatable bonds is 7. The van der Waals surface area contributed by atoms with Gasteiger partial charge in [-0.05, 0) is 51.6 Å². The number of piperidine rings is 1. The maximum Gasteiger partial charge on any atom is 0.229 e. The van der Waals surface area contributed by atoms with Gasteiger partial charge in [0.15, 0.2) is 5.82 Å². The molecule has 7 nitrogen and oxygen atoms in total. The number of nitrogens with zero attached hydrogens (tertiary/aromatic N) is 3. The zero-order valence-corrected chi connectivity index (χ0v) is 14.8. The van der Waals surface area contributed by atoms with E-state index >= 15 is 0 Å². The number of aromatic nitrogens is 2. The van der Waals surface area contributed by atoms with Crippen molar-refractivity contribution in [3.63, 3.8) is 0 Å². The molecule has 1 aliphatic heterocycles. The predicted molar refractivity (Wildman–Crippen MR) is 89.8 cm³/mol. The zero-order chi connectivity index (χ0) is 16.9. The number of nitrogens with one attached hydrogen (secondary N) is 1. The van der Waals surface area contributed by atoms with Gasteiger partial charge in [0.1, 0.15) is 0 Å². The third-order valence-corrected chi connectivity index (χ3v) is 5.42. The molecule has 1 aliphatic carbocycles. The quantitative estimate of drug-likeness (QED) is 0.765. The first-order valence-corrected chi connectivity index (χ1v) is 9.08. The Balaban J connectivity index is 1.39. The van der Waals surface area contributed by atoms with Crippen LogP contribution in [-0.2, 0) is 4.74 Å². The summed E-state index contributed by atoms with van der Waals surface area (Å²) in [6, 6.07) is 0.556. The molecule has 0 spiro atoms. The van der Waals surface area contributed by atoms with Gasteiger partial charge >= 0.3 is 0 Å². The molecule has 1 aromatic heterocycles. The zero-order valence-electron chi connectivity index (χ0n) is 14.8. The van der Waals surface area contributed by atoms with E-state index in [1.165, 1.54) is 12.8 Å². The van der Waals surface area contributed by atoms with Crippen LogP contribution in [0.5, 0.6) is 0 Å². The molecule has 24 heavy (non-hydrogen) atoms. The van der Waals surface area contributed by atoms with Crippen LogP contribution in [-0.4, -0.2) is 72.2 Å². The van der Waals surface area contributed by atoms with Gasteiger partial charge in [0, 0.05) is 32.2 Å². The van der Waals surface area contributed by atoms with E-state index < -0.39 is 0 Å². The van der Waals surface area contributed by atoms with E-state index in [1.807, 2.05) is 6.92 Å². The Morgan fingerprint density at radius 1 is 1.33 bits per heavy atom. The Morgan fingerprint density at radius 3 is 2.79 bits per heavy atom. The fraction of sp³-hybridized carbons (Fsp3) is 0.882. The Kier molecular flexibility index (Phi) is 6.21. The van der Waals surface area contributed by atoms with Crippen LogP contribution in [0, 0.1) is 12.8 Å². The summed E-state index contributed by atoms with van der Waals surface area (Å²) in [6.45, 7) is 6.78. The standard InChI is InChI=1S/C17H30N4O3/c1-12-19-17(24-20-12)13-9-14(16(22)10-13)11-18-15-3-5-21(6-4-15)7-8-23-2/h13-16,18,22H,3-11H2,1-2H3/t13-,14+,16+/m0/s1. The largest absolute Gasteiger partial charge is 0.393 e. The second-order valence-electron chi connectivity index (χ2n) is 7.19. The third kappa shape index (κ3) is 4.53. The Hall–Kier alpha value is -1.02. The molecule has 0 radical (unpaired) electrons. The molecule has 0 unspecified atom stereocenters. The summed E-state index contributed by atoms with van der Waals surface area (Å²) >= 11 is 0. The molecule has 0 aromatic carbocycles. The minimum Gasteiger partial charge on any atom is -0.393 e. The monoisotopic (exact) mass is 338 g/mol. The first-order valence-electron chi connectivity index (χ1n) is 9.08. The van der Waals surface area contributed by atoms with Gasteiger partial charge in [-0.15, -0.1) is 0 Å². The summed E-state index contributed by atoms with van der Waals surface area (Å²) in [4.78, 5) is 6.78. The van der Waals surface area contributed by atoms with Crippen LogP contribution >= 0.6 is 0 Å². The van der Waals surface area contributed by atoms with E-state index in [9.17, 15) is 5.11 Å². The molecule has 2 heterocycles. The van der Waals surface area contributed by atoms with Crippen molar-refractivity contribution in [1.29, 1.82) is 0 Å². The summed E-state index contributed by atoms with van der Waals surface area (Å²) in [6.07, 6.45) is 3.69. The minimum atomic E-state index is -0.281. The third-order valence-electron chi connectivity index (χ3n) is 5.42. The Bertz CT molecular complexity index is 502. The van der Waals surface area contributed by atoms with E-state index in [0.717, 1.165) is 45.6 Å². The number of aryl methyl sites for hydroxylation is 1. The van der Waals surface area contributed by atoms with Gasteiger partial charge in [-0.3, -0.25) is 0 Å². The van der Waals surface area contributed by atoms with Crippen LogP contribution in [0.4, 0.5) is 0 Å². The molecule has 136 valence electrons. The van der Waals surface area contributed by atoms with Crippen LogP contribution in [0.25, 0.3) is 0 Å². The van der Waals surface area contributed by atoms with Crippen molar-refractivity contribution in [2.24, 2.45) is 5.92 Å². The molecule has 1 saturated heterocycles. The van der Waals surface area contributed by atoms with Crippen molar-refractivity contribution in [3.05, 3.63) is 11.7 Å². The van der Waals surface area contributed by atoms with Gasteiger partial charge in [0.25, 0.3) is 0 Å². The molecule has 3 atom stereocenters. The average Bonchev–Trinajstić information content (AvgIpc) is 3.18. The molecular formula is C17H30N4O3. The lowest BCUT2D eigenvalue weighted by Crippen LogP contribution is -2.45. The second-order valence-corrected chi connectivity index (χ2v) is 7.19. The number of aliphatic hydroxyl groups excluding tert-OH is 1. The van der Waals surface area contributed by atoms with Crippen LogP contribution in [0.2, 0.25) is 0 Å². The topological polar surface area (TPSA) is 83.7 Å². The van der Waals surface area contributed by atoms with Gasteiger partial charge in [-0.2, -0.15) is 4.98 Å². The van der Waals surface area contributed by atoms with E-state index in [1.54, 1.807) is 7.11 Å². The number of methoxy groups -OCH3 is 1. The highest BCUT2D eigenvalue weighted by Gasteiger charge is 2.36. The number of hydrogen-bond donors (Lipinski definition) is 2. The fourth-order valence-corrected chi connectivity index (χ4v) is 3.90. The molecule has 2 aliphatic rings. The lowest BCUT2D eigenvalue weighted by atomic mass is 10.0. The van der Waals surface area contributed by atoms with E-state index in [2.05, 4.69) is 20.4 Å². The summed E-state index contributed by atoms with van der Waals surface area (Å²) in [5.74, 6) is 1.82. The average molecular weight is 338 g/mol. The number of ether oxygens (including phenoxy) is 1. The van der Waals surface area contributed by atoms with Crippen LogP contribution < -0.4 is 5.32 Å². The number of likely N-dealkylation sites (tertiary alicyclic amines) is 1. The van der Waals surface area contributed by atoms with Crippen LogP contribution in [0.3, 0.4) is 0 Å². The first kappa shape index (κ1) is 17.8. The van der Waals surface area contributed by atoms with E-state index in [-0.39, 0.29) is 17.9 Å². The second kappa shape index (κ2) is 8.38. The first-order chi connectivity index (χ1) is 11.7. The van der Waals surface area contributed by atoms with Crippen molar-refractivity contribution in [3.8, 4) is 0 Å². The Morgan fingerprint density at radius 2 is 2.12 bits per heavy atom. The molecule has 0 bridgehead atoms. The normalized spacial score (nSPS) is 29.4. The van der Waals surface area contributed by atoms with Crippen molar-refractivity contribution in [2.45, 2.75) is 50.7 Å². The lowest BCUT2D eigenvalue weighted by Gasteiger charge is -2.33. The van der Waals surface area contributed by atoms with Gasteiger partial charge in [0.2, 0.25) is 5.89 Å². The van der Waals surface area contributed by atoms with Gasteiger partial charge < -0.3 is 24.6 Å². The molecule has 3 rings (SSSR count). The highest BCUT2D eigenvalue weighted by molar-refractivity contribution is 5.01. The summed E-state index contributed by atoms with van der Waals surface area (Å²) in [7, 11) is 1.75. The number of hydrogen-bond acceptors (Lipinski definition) is 7. The highest BCUT2D eigenvalue weighted by Crippen LogP contribution is 2.37. The molecule has 0 amide bonds. The van der Waals surface area contributed by atoms with Gasteiger partial charge in [-0.1, -0.05) is 5.16 Å². The molecular weight excluding hydrogens is 308 g/mol. The van der Waals surface area contributed by atoms with E-state index in [0.29, 0.717) is 17.8 Å².